The number of rotatable bonds is 21. The van der Waals surface area contributed by atoms with E-state index in [2.05, 4.69) is 30.6 Å². The third-order valence-corrected chi connectivity index (χ3v) is 12.4. The summed E-state index contributed by atoms with van der Waals surface area (Å²) in [5.41, 5.74) is 14.3. The molecule has 78 heavy (non-hydrogen) atoms. The van der Waals surface area contributed by atoms with Crippen molar-refractivity contribution in [3.8, 4) is 0 Å². The van der Waals surface area contributed by atoms with Gasteiger partial charge in [-0.25, -0.2) is 54.7 Å². The molecule has 2 aromatic heterocycles. The number of aromatic nitrogens is 2. The lowest BCUT2D eigenvalue weighted by atomic mass is 10.1. The zero-order valence-electron chi connectivity index (χ0n) is 41.4. The van der Waals surface area contributed by atoms with Crippen molar-refractivity contribution in [1.82, 2.24) is 19.8 Å². The molecule has 0 saturated heterocycles. The summed E-state index contributed by atoms with van der Waals surface area (Å²) in [4.78, 5) is 62.6. The van der Waals surface area contributed by atoms with Gasteiger partial charge in [-0.1, -0.05) is 52.6 Å². The number of likely N-dealkylation sites (N-methyl/N-ethyl adjacent to an activating group) is 2. The molecule has 0 aliphatic carbocycles. The molecule has 6 rings (SSSR count). The van der Waals surface area contributed by atoms with E-state index in [4.69, 9.17) is 43.9 Å². The number of amides is 4. The van der Waals surface area contributed by atoms with E-state index in [1.54, 1.807) is 6.07 Å². The molecule has 0 spiro atoms. The summed E-state index contributed by atoms with van der Waals surface area (Å²) in [5.74, 6) is -10.1. The minimum absolute atomic E-state index is 0. The fourth-order valence-electron chi connectivity index (χ4n) is 7.30. The fourth-order valence-corrected chi connectivity index (χ4v) is 7.74. The first-order valence-electron chi connectivity index (χ1n) is 22.8. The molecule has 16 nitrogen and oxygen atoms in total. The topological polar surface area (TPSA) is 218 Å². The number of nitrogens with zero attached hydrogens (tertiary/aromatic N) is 7. The van der Waals surface area contributed by atoms with Gasteiger partial charge in [-0.15, -0.1) is 0 Å². The normalized spacial score (nSPS) is 11.8. The van der Waals surface area contributed by atoms with Gasteiger partial charge in [-0.05, 0) is 101 Å². The Hall–Kier alpha value is -6.83. The zero-order chi connectivity index (χ0) is 55.7. The molecule has 0 bridgehead atoms. The van der Waals surface area contributed by atoms with Crippen molar-refractivity contribution in [3.05, 3.63) is 152 Å². The minimum atomic E-state index is -3.51. The Morgan fingerprint density at radius 3 is 1.47 bits per heavy atom. The second-order valence-electron chi connectivity index (χ2n) is 17.0. The van der Waals surface area contributed by atoms with E-state index in [-0.39, 0.29) is 74.4 Å². The Bertz CT molecular complexity index is 3100. The van der Waals surface area contributed by atoms with Gasteiger partial charge in [0, 0.05) is 67.9 Å². The predicted molar refractivity (Wildman–Crippen MR) is 289 cm³/mol. The number of benzene rings is 4. The molecule has 4 aromatic carbocycles. The lowest BCUT2D eigenvalue weighted by Crippen LogP contribution is -2.46. The number of hydrogen-bond acceptors (Lipinski definition) is 10. The van der Waals surface area contributed by atoms with Gasteiger partial charge >= 0.3 is 12.2 Å². The summed E-state index contributed by atoms with van der Waals surface area (Å²) in [5, 5.41) is 9.52. The number of fused-ring (bicyclic) bond motifs is 2. The third-order valence-electron chi connectivity index (χ3n) is 11.5. The Kier molecular flexibility index (Phi) is 25.5. The van der Waals surface area contributed by atoms with Crippen LogP contribution in [0.4, 0.5) is 56.3 Å². The lowest BCUT2D eigenvalue weighted by molar-refractivity contribution is -0.135. The van der Waals surface area contributed by atoms with Crippen molar-refractivity contribution in [1.29, 1.82) is 0 Å². The van der Waals surface area contributed by atoms with Crippen molar-refractivity contribution >= 4 is 107 Å². The summed E-state index contributed by atoms with van der Waals surface area (Å²) in [7, 11) is 2.55. The molecule has 0 aliphatic heterocycles. The molecule has 28 heteroatoms. The van der Waals surface area contributed by atoms with Crippen LogP contribution in [0.25, 0.3) is 32.0 Å². The Morgan fingerprint density at radius 2 is 1.08 bits per heavy atom. The summed E-state index contributed by atoms with van der Waals surface area (Å²) in [6.45, 7) is -3.33. The number of carbonyl (C=O) groups excluding carboxylic acids is 4. The highest BCUT2D eigenvalue weighted by atomic mass is 35.5. The molecule has 6 aromatic rings. The van der Waals surface area contributed by atoms with Crippen LogP contribution in [0, 0.1) is 23.3 Å². The Balaban J connectivity index is 0.000000401. The summed E-state index contributed by atoms with van der Waals surface area (Å²) >= 11 is 11.8. The quantitative estimate of drug-likeness (QED) is 0.0270. The molecule has 0 unspecified atom stereocenters. The smallest absolute Gasteiger partial charge is 0.412 e. The molecular formula is C50H52Cl2F8N10O6S2. The van der Waals surface area contributed by atoms with Crippen molar-refractivity contribution in [2.75, 3.05) is 51.0 Å². The van der Waals surface area contributed by atoms with Crippen LogP contribution in [0.1, 0.15) is 36.8 Å². The van der Waals surface area contributed by atoms with Gasteiger partial charge < -0.3 is 25.0 Å². The third kappa shape index (κ3) is 19.9. The largest absolute Gasteiger partial charge is 0.447 e. The summed E-state index contributed by atoms with van der Waals surface area (Å²) < 4.78 is 122. The van der Waals surface area contributed by atoms with E-state index in [0.717, 1.165) is 15.9 Å². The predicted octanol–water partition coefficient (Wildman–Crippen LogP) is 11.9. The van der Waals surface area contributed by atoms with Crippen molar-refractivity contribution in [2.24, 2.45) is 10.8 Å². The molecule has 2 heterocycles. The average Bonchev–Trinajstić information content (AvgIpc) is 3.38. The Morgan fingerprint density at radius 1 is 0.667 bits per heavy atom. The monoisotopic (exact) mass is 1170 g/mol. The molecular weight excluding hydrogens is 1120 g/mol. The van der Waals surface area contributed by atoms with Crippen LogP contribution in [0.5, 0.6) is 0 Å². The van der Waals surface area contributed by atoms with Gasteiger partial charge in [-0.2, -0.15) is 27.0 Å². The molecule has 0 fully saturated rings. The van der Waals surface area contributed by atoms with E-state index in [1.807, 2.05) is 0 Å². The van der Waals surface area contributed by atoms with Gasteiger partial charge in [0.25, 0.3) is 11.8 Å². The number of nitrogens with one attached hydrogen (secondary N) is 2. The first kappa shape index (κ1) is 65.5. The maximum absolute atomic E-state index is 14.4. The second-order valence-corrected chi connectivity index (χ2v) is 17.8. The van der Waals surface area contributed by atoms with Gasteiger partial charge in [0.05, 0.1) is 35.2 Å². The highest BCUT2D eigenvalue weighted by molar-refractivity contribution is 7.59. The van der Waals surface area contributed by atoms with E-state index in [0.29, 0.717) is 32.7 Å². The van der Waals surface area contributed by atoms with E-state index < -0.39 is 110 Å². The van der Waals surface area contributed by atoms with E-state index in [1.165, 1.54) is 99.3 Å². The van der Waals surface area contributed by atoms with Crippen LogP contribution in [0.3, 0.4) is 0 Å². The number of pyridine rings is 2. The highest BCUT2D eigenvalue weighted by Crippen LogP contribution is 2.28. The number of hydrogen-bond donors (Lipinski definition) is 3. The standard InChI is InChI=1S/C25H23ClF4N6O3.C25H25ClF4N4O3.2H2S/c1-36(22(37)8-6-15-3-2-4-20(28)23(15)26)19(11-25(29,30)14-33-35-31)13-39-24(38)34-21-10-17-9-18(27)7-5-16(17)12-32-21;1-34(22(35)8-6-15-3-2-4-20(28)23(15)26)19(11-25(29,30)14-31)13-37-24(36)33-21-10-17-9-18(27)7-5-16(17)12-32-21;;/h2-5,7,9-10,12,19H,6,8,11,13-14H2,1H3,(H,32,34,38);2-5,7,9-10,12,19H,6,8,11,13-14,31H2,1H3,(H,32,33,36);2*1H2/t2*19-;;/m00../s1. The summed E-state index contributed by atoms with van der Waals surface area (Å²) in [6.07, 6.45) is -1.27. The van der Waals surface area contributed by atoms with Crippen LogP contribution < -0.4 is 16.4 Å². The zero-order valence-corrected chi connectivity index (χ0v) is 44.9. The lowest BCUT2D eigenvalue weighted by Gasteiger charge is -2.30. The van der Waals surface area contributed by atoms with Crippen LogP contribution >= 0.6 is 50.2 Å². The second kappa shape index (κ2) is 30.4. The number of alkyl halides is 4. The molecule has 2 atom stereocenters. The molecule has 4 N–H and O–H groups in total. The number of anilines is 2. The van der Waals surface area contributed by atoms with Crippen molar-refractivity contribution in [2.45, 2.75) is 62.5 Å². The van der Waals surface area contributed by atoms with Crippen LogP contribution in [0.15, 0.2) is 102 Å². The maximum atomic E-state index is 14.4. The van der Waals surface area contributed by atoms with Gasteiger partial charge in [0.15, 0.2) is 0 Å². The number of halogens is 10. The van der Waals surface area contributed by atoms with Crippen LogP contribution in [-0.4, -0.2) is 108 Å². The Labute approximate surface area is 465 Å². The van der Waals surface area contributed by atoms with Gasteiger partial charge in [0.2, 0.25) is 11.8 Å². The molecule has 0 saturated carbocycles. The van der Waals surface area contributed by atoms with E-state index >= 15 is 0 Å². The number of carbonyl (C=O) groups is 4. The van der Waals surface area contributed by atoms with Gasteiger partial charge in [-0.3, -0.25) is 20.2 Å². The van der Waals surface area contributed by atoms with Gasteiger partial charge in [0.1, 0.15) is 48.1 Å². The number of aryl methyl sites for hydroxylation is 2. The first-order chi connectivity index (χ1) is 36.0. The number of nitrogens with two attached hydrogens (primary N) is 1. The molecule has 420 valence electrons. The fraction of sp³-hybridized carbons (Fsp3) is 0.320. The maximum Gasteiger partial charge on any atom is 0.412 e. The minimum Gasteiger partial charge on any atom is -0.447 e. The van der Waals surface area contributed by atoms with Crippen molar-refractivity contribution < 1.29 is 63.8 Å². The first-order valence-corrected chi connectivity index (χ1v) is 23.6. The van der Waals surface area contributed by atoms with Crippen molar-refractivity contribution in [3.63, 3.8) is 0 Å². The summed E-state index contributed by atoms with van der Waals surface area (Å²) in [6, 6.07) is 16.7. The van der Waals surface area contributed by atoms with Crippen LogP contribution in [0.2, 0.25) is 10.0 Å². The van der Waals surface area contributed by atoms with Crippen LogP contribution in [-0.2, 0) is 31.9 Å². The SMILES string of the molecule is CN(C(=O)CCc1cccc(F)c1Cl)[C@H](COC(=O)Nc1cc2cc(F)ccc2cn1)CC(F)(F)CN.CN(C(=O)CCc1cccc(F)c1Cl)[C@H](COC(=O)Nc1cc2cc(F)ccc2cn1)CC(F)(F)CN=[N+]=[N-].S.S. The number of azide groups is 1. The number of ether oxygens (including phenoxy) is 2. The highest BCUT2D eigenvalue weighted by Gasteiger charge is 2.37. The van der Waals surface area contributed by atoms with E-state index in [9.17, 15) is 54.3 Å². The average molecular weight is 1180 g/mol. The molecule has 0 radical (unpaired) electrons. The molecule has 4 amide bonds. The molecule has 0 aliphatic rings.